The van der Waals surface area contributed by atoms with E-state index < -0.39 is 34.9 Å². The number of rotatable bonds is 0. The van der Waals surface area contributed by atoms with E-state index in [4.69, 9.17) is 11.6 Å². The van der Waals surface area contributed by atoms with Crippen molar-refractivity contribution in [1.29, 1.82) is 0 Å². The highest BCUT2D eigenvalue weighted by atomic mass is 35.5. The van der Waals surface area contributed by atoms with Crippen molar-refractivity contribution in [2.24, 2.45) is 11.8 Å². The number of aliphatic hydroxyl groups is 3. The Morgan fingerprint density at radius 1 is 1.19 bits per heavy atom. The van der Waals surface area contributed by atoms with Gasteiger partial charge < -0.3 is 20.4 Å². The van der Waals surface area contributed by atoms with E-state index in [1.165, 1.54) is 18.2 Å². The van der Waals surface area contributed by atoms with Crippen LogP contribution in [0.25, 0.3) is 0 Å². The lowest BCUT2D eigenvalue weighted by Crippen LogP contribution is -2.65. The molecule has 6 atom stereocenters. The number of fused-ring (bicyclic) bond motifs is 3. The molecular formula is C19H19ClO6. The molecule has 3 aliphatic carbocycles. The summed E-state index contributed by atoms with van der Waals surface area (Å²) in [6.07, 6.45) is -2.78. The number of ketones is 2. The molecule has 0 heterocycles. The summed E-state index contributed by atoms with van der Waals surface area (Å²) >= 11 is 6.36. The summed E-state index contributed by atoms with van der Waals surface area (Å²) in [5.74, 6) is -2.67. The van der Waals surface area contributed by atoms with Crippen molar-refractivity contribution in [3.8, 4) is 5.75 Å². The monoisotopic (exact) mass is 378 g/mol. The Hall–Kier alpha value is -1.73. The van der Waals surface area contributed by atoms with Gasteiger partial charge in [-0.15, -0.1) is 11.6 Å². The summed E-state index contributed by atoms with van der Waals surface area (Å²) < 4.78 is 0. The van der Waals surface area contributed by atoms with Gasteiger partial charge in [-0.2, -0.15) is 0 Å². The van der Waals surface area contributed by atoms with E-state index >= 15 is 0 Å². The molecule has 1 aromatic carbocycles. The fraction of sp³-hybridized carbons (Fsp3) is 0.474. The molecule has 0 aliphatic heterocycles. The number of aliphatic hydroxyl groups excluding tert-OH is 2. The first-order chi connectivity index (χ1) is 12.2. The molecule has 1 aromatic rings. The van der Waals surface area contributed by atoms with Gasteiger partial charge in [-0.25, -0.2) is 0 Å². The third-order valence-electron chi connectivity index (χ3n) is 5.91. The van der Waals surface area contributed by atoms with Crippen molar-refractivity contribution in [2.45, 2.75) is 43.0 Å². The summed E-state index contributed by atoms with van der Waals surface area (Å²) in [7, 11) is 0. The van der Waals surface area contributed by atoms with E-state index in [9.17, 15) is 30.0 Å². The largest absolute Gasteiger partial charge is 0.508 e. The third kappa shape index (κ3) is 2.04. The number of phenols is 1. The maximum Gasteiger partial charge on any atom is 0.174 e. The summed E-state index contributed by atoms with van der Waals surface area (Å²) in [6, 6.07) is 4.16. The van der Waals surface area contributed by atoms with Gasteiger partial charge in [0.2, 0.25) is 0 Å². The molecule has 0 amide bonds. The zero-order chi connectivity index (χ0) is 19.0. The summed E-state index contributed by atoms with van der Waals surface area (Å²) in [6.45, 7) is 1.88. The predicted octanol–water partition coefficient (Wildman–Crippen LogP) is 1.25. The average Bonchev–Trinajstić information content (AvgIpc) is 2.58. The molecular weight excluding hydrogens is 360 g/mol. The van der Waals surface area contributed by atoms with Crippen LogP contribution in [0.2, 0.25) is 0 Å². The van der Waals surface area contributed by atoms with Crippen LogP contribution >= 0.6 is 11.6 Å². The first kappa shape index (κ1) is 17.7. The lowest BCUT2D eigenvalue weighted by Gasteiger charge is -2.52. The van der Waals surface area contributed by atoms with E-state index in [2.05, 4.69) is 0 Å². The number of halogens is 1. The van der Waals surface area contributed by atoms with Crippen LogP contribution in [0, 0.1) is 11.8 Å². The zero-order valence-electron chi connectivity index (χ0n) is 14.0. The van der Waals surface area contributed by atoms with Crippen LogP contribution in [-0.2, 0) is 4.79 Å². The Kier molecular flexibility index (Phi) is 3.83. The molecule has 6 nitrogen and oxygen atoms in total. The maximum atomic E-state index is 13.2. The molecule has 4 rings (SSSR count). The summed E-state index contributed by atoms with van der Waals surface area (Å²) in [5, 5.41) is 41.8. The van der Waals surface area contributed by atoms with Crippen LogP contribution in [0.1, 0.15) is 41.8 Å². The maximum absolute atomic E-state index is 13.2. The second kappa shape index (κ2) is 5.63. The fourth-order valence-electron chi connectivity index (χ4n) is 4.70. The van der Waals surface area contributed by atoms with E-state index in [1.54, 1.807) is 0 Å². The summed E-state index contributed by atoms with van der Waals surface area (Å²) in [4.78, 5) is 25.9. The number of carbonyl (C=O) groups is 2. The van der Waals surface area contributed by atoms with Gasteiger partial charge in [0, 0.05) is 23.1 Å². The number of alkyl halides is 1. The van der Waals surface area contributed by atoms with E-state index in [1.807, 2.05) is 6.92 Å². The zero-order valence-corrected chi connectivity index (χ0v) is 14.8. The molecule has 4 N–H and O–H groups in total. The van der Waals surface area contributed by atoms with Gasteiger partial charge in [0.1, 0.15) is 23.6 Å². The minimum Gasteiger partial charge on any atom is -0.508 e. The van der Waals surface area contributed by atoms with Gasteiger partial charge in [0.05, 0.1) is 11.3 Å². The highest BCUT2D eigenvalue weighted by Gasteiger charge is 2.64. The Labute approximate surface area is 154 Å². The van der Waals surface area contributed by atoms with Gasteiger partial charge in [0.25, 0.3) is 0 Å². The van der Waals surface area contributed by atoms with Gasteiger partial charge in [0.15, 0.2) is 11.6 Å². The molecule has 0 saturated carbocycles. The standard InChI is InChI=1S/C19H19ClO6/c1-7-5-9-12(11(22)6-7)14-16(23)8-3-2-4-10(21)13(8)17(24)19(14,26)18(25)15(9)20/h2-4,7,14-15,17-18,21,24-26H,5-6H2,1H3/t7-,14+,15-,17+,18-,19+/m1/s1. The SMILES string of the molecule is C[C@H]1CC(=O)C2=C(C1)[C@@H](Cl)[C@@H](O)[C@]1(O)[C@@H]2C(=O)c2cccc(O)c2[C@@H]1O. The van der Waals surface area contributed by atoms with Crippen LogP contribution < -0.4 is 0 Å². The van der Waals surface area contributed by atoms with E-state index in [-0.39, 0.29) is 40.6 Å². The number of phenolic OH excluding ortho intramolecular Hbond substituents is 1. The Morgan fingerprint density at radius 3 is 2.58 bits per heavy atom. The average molecular weight is 379 g/mol. The predicted molar refractivity (Wildman–Crippen MR) is 91.9 cm³/mol. The topological polar surface area (TPSA) is 115 Å². The molecule has 3 aliphatic rings. The second-order valence-electron chi connectivity index (χ2n) is 7.55. The molecule has 0 spiro atoms. The number of aromatic hydroxyl groups is 1. The molecule has 0 bridgehead atoms. The number of Topliss-reactive ketones (excluding diaryl/α,β-unsaturated/α-hetero) is 2. The van der Waals surface area contributed by atoms with Gasteiger partial charge in [-0.3, -0.25) is 9.59 Å². The van der Waals surface area contributed by atoms with Crippen molar-refractivity contribution in [3.05, 3.63) is 40.5 Å². The number of benzene rings is 1. The minimum atomic E-state index is -2.38. The number of hydrogen-bond donors (Lipinski definition) is 4. The fourth-order valence-corrected chi connectivity index (χ4v) is 5.11. The molecule has 7 heteroatoms. The van der Waals surface area contributed by atoms with Crippen molar-refractivity contribution >= 4 is 23.2 Å². The normalized spacial score (nSPS) is 39.3. The van der Waals surface area contributed by atoms with E-state index in [0.717, 1.165) is 0 Å². The highest BCUT2D eigenvalue weighted by Crippen LogP contribution is 2.55. The molecule has 0 aromatic heterocycles. The Morgan fingerprint density at radius 2 is 1.88 bits per heavy atom. The summed E-state index contributed by atoms with van der Waals surface area (Å²) in [5.41, 5.74) is -1.94. The van der Waals surface area contributed by atoms with Crippen LogP contribution in [0.3, 0.4) is 0 Å². The quantitative estimate of drug-likeness (QED) is 0.505. The molecule has 0 radical (unpaired) electrons. The smallest absolute Gasteiger partial charge is 0.174 e. The van der Waals surface area contributed by atoms with Crippen molar-refractivity contribution in [1.82, 2.24) is 0 Å². The Bertz CT molecular complexity index is 862. The van der Waals surface area contributed by atoms with Gasteiger partial charge in [-0.1, -0.05) is 19.1 Å². The van der Waals surface area contributed by atoms with Crippen LogP contribution in [0.15, 0.2) is 29.3 Å². The van der Waals surface area contributed by atoms with Crippen LogP contribution in [0.4, 0.5) is 0 Å². The first-order valence-electron chi connectivity index (χ1n) is 8.54. The molecule has 26 heavy (non-hydrogen) atoms. The van der Waals surface area contributed by atoms with Crippen molar-refractivity contribution in [2.75, 3.05) is 0 Å². The molecule has 0 fully saturated rings. The van der Waals surface area contributed by atoms with Crippen LogP contribution in [-0.4, -0.2) is 49.1 Å². The molecule has 0 saturated heterocycles. The lowest BCUT2D eigenvalue weighted by molar-refractivity contribution is -0.173. The Balaban J connectivity index is 2.01. The highest BCUT2D eigenvalue weighted by molar-refractivity contribution is 6.24. The van der Waals surface area contributed by atoms with E-state index in [0.29, 0.717) is 12.0 Å². The first-order valence-corrected chi connectivity index (χ1v) is 8.98. The number of hydrogen-bond acceptors (Lipinski definition) is 6. The molecule has 138 valence electrons. The van der Waals surface area contributed by atoms with Crippen LogP contribution in [0.5, 0.6) is 5.75 Å². The van der Waals surface area contributed by atoms with Gasteiger partial charge >= 0.3 is 0 Å². The van der Waals surface area contributed by atoms with Gasteiger partial charge in [-0.05, 0) is 24.0 Å². The second-order valence-corrected chi connectivity index (χ2v) is 8.02. The minimum absolute atomic E-state index is 0.0147. The lowest BCUT2D eigenvalue weighted by atomic mass is 9.57. The van der Waals surface area contributed by atoms with Crippen molar-refractivity contribution in [3.63, 3.8) is 0 Å². The third-order valence-corrected chi connectivity index (χ3v) is 6.41. The number of carbonyl (C=O) groups excluding carboxylic acids is 2. The van der Waals surface area contributed by atoms with Crippen molar-refractivity contribution < 1.29 is 30.0 Å². The molecule has 0 unspecified atom stereocenters.